The van der Waals surface area contributed by atoms with Gasteiger partial charge in [-0.15, -0.1) is 0 Å². The SMILES string of the molecule is CNC(CC1CC1)C1C(C)OC(C)C1C. The van der Waals surface area contributed by atoms with Crippen LogP contribution in [0.5, 0.6) is 0 Å². The molecule has 0 aromatic rings. The number of hydrogen-bond acceptors (Lipinski definition) is 2. The first-order valence-electron chi connectivity index (χ1n) is 6.46. The molecule has 0 amide bonds. The third-order valence-corrected chi connectivity index (χ3v) is 4.44. The average Bonchev–Trinajstić information content (AvgIpc) is 2.96. The van der Waals surface area contributed by atoms with Crippen LogP contribution in [0.3, 0.4) is 0 Å². The first-order valence-corrected chi connectivity index (χ1v) is 6.46. The molecule has 0 spiro atoms. The standard InChI is InChI=1S/C13H25NO/c1-8-9(2)15-10(3)13(8)12(14-4)7-11-5-6-11/h8-14H,5-7H2,1-4H3. The Morgan fingerprint density at radius 1 is 1.20 bits per heavy atom. The second-order valence-electron chi connectivity index (χ2n) is 5.56. The maximum Gasteiger partial charge on any atom is 0.0597 e. The van der Waals surface area contributed by atoms with Crippen molar-refractivity contribution in [3.63, 3.8) is 0 Å². The fourth-order valence-corrected chi connectivity index (χ4v) is 3.17. The predicted octanol–water partition coefficient (Wildman–Crippen LogP) is 2.43. The second-order valence-corrected chi connectivity index (χ2v) is 5.56. The van der Waals surface area contributed by atoms with Crippen molar-refractivity contribution in [1.82, 2.24) is 5.32 Å². The van der Waals surface area contributed by atoms with Gasteiger partial charge in [-0.3, -0.25) is 0 Å². The van der Waals surface area contributed by atoms with E-state index in [1.807, 2.05) is 0 Å². The van der Waals surface area contributed by atoms with Gasteiger partial charge in [0.05, 0.1) is 12.2 Å². The lowest BCUT2D eigenvalue weighted by Gasteiger charge is -2.28. The van der Waals surface area contributed by atoms with Gasteiger partial charge in [-0.05, 0) is 39.2 Å². The zero-order valence-electron chi connectivity index (χ0n) is 10.5. The van der Waals surface area contributed by atoms with Crippen molar-refractivity contribution in [2.24, 2.45) is 17.8 Å². The Kier molecular flexibility index (Phi) is 3.36. The molecule has 2 rings (SSSR count). The first kappa shape index (κ1) is 11.4. The quantitative estimate of drug-likeness (QED) is 0.771. The lowest BCUT2D eigenvalue weighted by Crippen LogP contribution is -2.40. The lowest BCUT2D eigenvalue weighted by atomic mass is 9.81. The van der Waals surface area contributed by atoms with Gasteiger partial charge in [0, 0.05) is 12.0 Å². The summed E-state index contributed by atoms with van der Waals surface area (Å²) in [5.74, 6) is 2.39. The molecule has 1 saturated heterocycles. The fourth-order valence-electron chi connectivity index (χ4n) is 3.17. The van der Waals surface area contributed by atoms with Crippen LogP contribution < -0.4 is 5.32 Å². The monoisotopic (exact) mass is 211 g/mol. The Labute approximate surface area is 93.8 Å². The van der Waals surface area contributed by atoms with Gasteiger partial charge in [0.2, 0.25) is 0 Å². The summed E-state index contributed by atoms with van der Waals surface area (Å²) in [6, 6.07) is 0.660. The van der Waals surface area contributed by atoms with Crippen molar-refractivity contribution in [2.75, 3.05) is 7.05 Å². The summed E-state index contributed by atoms with van der Waals surface area (Å²) >= 11 is 0. The molecule has 1 aliphatic carbocycles. The third-order valence-electron chi connectivity index (χ3n) is 4.44. The van der Waals surface area contributed by atoms with Crippen molar-refractivity contribution in [3.8, 4) is 0 Å². The molecule has 2 nitrogen and oxygen atoms in total. The molecular formula is C13H25NO. The zero-order valence-corrected chi connectivity index (χ0v) is 10.5. The van der Waals surface area contributed by atoms with Gasteiger partial charge in [0.25, 0.3) is 0 Å². The predicted molar refractivity (Wildman–Crippen MR) is 62.9 cm³/mol. The highest BCUT2D eigenvalue weighted by Gasteiger charge is 2.42. The molecule has 1 saturated carbocycles. The Morgan fingerprint density at radius 2 is 1.87 bits per heavy atom. The van der Waals surface area contributed by atoms with Crippen molar-refractivity contribution in [1.29, 1.82) is 0 Å². The first-order chi connectivity index (χ1) is 7.13. The highest BCUT2D eigenvalue weighted by atomic mass is 16.5. The molecule has 5 atom stereocenters. The van der Waals surface area contributed by atoms with Crippen LogP contribution in [0.15, 0.2) is 0 Å². The summed E-state index contributed by atoms with van der Waals surface area (Å²) in [5, 5.41) is 3.52. The molecule has 2 heteroatoms. The number of rotatable bonds is 4. The molecule has 1 heterocycles. The van der Waals surface area contributed by atoms with Crippen LogP contribution in [0.1, 0.15) is 40.0 Å². The van der Waals surface area contributed by atoms with E-state index in [2.05, 4.69) is 33.1 Å². The van der Waals surface area contributed by atoms with Crippen molar-refractivity contribution in [3.05, 3.63) is 0 Å². The summed E-state index contributed by atoms with van der Waals surface area (Å²) in [5.41, 5.74) is 0. The van der Waals surface area contributed by atoms with Gasteiger partial charge in [-0.25, -0.2) is 0 Å². The highest BCUT2D eigenvalue weighted by Crippen LogP contribution is 2.40. The Morgan fingerprint density at radius 3 is 2.27 bits per heavy atom. The van der Waals surface area contributed by atoms with Gasteiger partial charge in [0.15, 0.2) is 0 Å². The smallest absolute Gasteiger partial charge is 0.0597 e. The van der Waals surface area contributed by atoms with Gasteiger partial charge < -0.3 is 10.1 Å². The topological polar surface area (TPSA) is 21.3 Å². The molecular weight excluding hydrogens is 186 g/mol. The van der Waals surface area contributed by atoms with E-state index in [9.17, 15) is 0 Å². The molecule has 2 aliphatic rings. The van der Waals surface area contributed by atoms with Gasteiger partial charge in [-0.1, -0.05) is 19.8 Å². The van der Waals surface area contributed by atoms with E-state index < -0.39 is 0 Å². The minimum atomic E-state index is 0.422. The van der Waals surface area contributed by atoms with Gasteiger partial charge >= 0.3 is 0 Å². The van der Waals surface area contributed by atoms with Crippen LogP contribution in [0.25, 0.3) is 0 Å². The molecule has 5 unspecified atom stereocenters. The van der Waals surface area contributed by atoms with Crippen LogP contribution in [0, 0.1) is 17.8 Å². The minimum absolute atomic E-state index is 0.422. The summed E-state index contributed by atoms with van der Waals surface area (Å²) < 4.78 is 5.93. The Hall–Kier alpha value is -0.0800. The average molecular weight is 211 g/mol. The second kappa shape index (κ2) is 4.42. The largest absolute Gasteiger partial charge is 0.375 e. The van der Waals surface area contributed by atoms with E-state index in [0.29, 0.717) is 30.1 Å². The molecule has 0 bridgehead atoms. The van der Waals surface area contributed by atoms with Gasteiger partial charge in [0.1, 0.15) is 0 Å². The van der Waals surface area contributed by atoms with Crippen LogP contribution in [-0.2, 0) is 4.74 Å². The molecule has 88 valence electrons. The van der Waals surface area contributed by atoms with E-state index in [4.69, 9.17) is 4.74 Å². The normalized spacial score (nSPS) is 43.2. The van der Waals surface area contributed by atoms with E-state index in [1.54, 1.807) is 0 Å². The number of hydrogen-bond donors (Lipinski definition) is 1. The van der Waals surface area contributed by atoms with Crippen LogP contribution in [-0.4, -0.2) is 25.3 Å². The van der Waals surface area contributed by atoms with Gasteiger partial charge in [-0.2, -0.15) is 0 Å². The summed E-state index contributed by atoms with van der Waals surface area (Å²) in [4.78, 5) is 0. The van der Waals surface area contributed by atoms with Crippen LogP contribution >= 0.6 is 0 Å². The summed E-state index contributed by atoms with van der Waals surface area (Å²) in [6.45, 7) is 6.79. The molecule has 0 aromatic carbocycles. The lowest BCUT2D eigenvalue weighted by molar-refractivity contribution is 0.0473. The molecule has 0 radical (unpaired) electrons. The molecule has 1 N–H and O–H groups in total. The number of ether oxygens (including phenoxy) is 1. The molecule has 15 heavy (non-hydrogen) atoms. The Bertz CT molecular complexity index is 215. The highest BCUT2D eigenvalue weighted by molar-refractivity contribution is 4.93. The van der Waals surface area contributed by atoms with Crippen molar-refractivity contribution < 1.29 is 4.74 Å². The van der Waals surface area contributed by atoms with E-state index in [1.165, 1.54) is 19.3 Å². The van der Waals surface area contributed by atoms with Crippen molar-refractivity contribution in [2.45, 2.75) is 58.3 Å². The molecule has 1 aliphatic heterocycles. The zero-order chi connectivity index (χ0) is 11.0. The third kappa shape index (κ3) is 2.36. The van der Waals surface area contributed by atoms with E-state index in [-0.39, 0.29) is 0 Å². The van der Waals surface area contributed by atoms with Crippen molar-refractivity contribution >= 4 is 0 Å². The van der Waals surface area contributed by atoms with Crippen LogP contribution in [0.4, 0.5) is 0 Å². The van der Waals surface area contributed by atoms with Crippen LogP contribution in [0.2, 0.25) is 0 Å². The fraction of sp³-hybridized carbons (Fsp3) is 1.00. The van der Waals surface area contributed by atoms with E-state index in [0.717, 1.165) is 5.92 Å². The maximum atomic E-state index is 5.93. The summed E-state index contributed by atoms with van der Waals surface area (Å²) in [7, 11) is 2.11. The summed E-state index contributed by atoms with van der Waals surface area (Å²) in [6.07, 6.45) is 5.10. The molecule has 2 fully saturated rings. The minimum Gasteiger partial charge on any atom is -0.375 e. The number of nitrogens with one attached hydrogen (secondary N) is 1. The Balaban J connectivity index is 1.98. The maximum absolute atomic E-state index is 5.93. The molecule has 0 aromatic heterocycles. The van der Waals surface area contributed by atoms with E-state index >= 15 is 0 Å².